The minimum absolute atomic E-state index is 0.00359. The Balaban J connectivity index is 1.40. The molecule has 1 spiro atoms. The molecule has 0 saturated carbocycles. The van der Waals surface area contributed by atoms with Crippen molar-refractivity contribution in [1.82, 2.24) is 25.0 Å². The fourth-order valence-corrected chi connectivity index (χ4v) is 4.87. The van der Waals surface area contributed by atoms with Crippen molar-refractivity contribution in [3.05, 3.63) is 63.2 Å². The fourth-order valence-electron chi connectivity index (χ4n) is 4.87. The number of nitrogens with one attached hydrogen (secondary N) is 1. The second kappa shape index (κ2) is 6.91. The zero-order valence-corrected chi connectivity index (χ0v) is 16.9. The summed E-state index contributed by atoms with van der Waals surface area (Å²) in [6, 6.07) is 3.80. The molecule has 0 aromatic carbocycles. The Labute approximate surface area is 169 Å². The van der Waals surface area contributed by atoms with Gasteiger partial charge >= 0.3 is 0 Å². The third-order valence-electron chi connectivity index (χ3n) is 6.68. The summed E-state index contributed by atoms with van der Waals surface area (Å²) in [6.45, 7) is 6.82. The van der Waals surface area contributed by atoms with Crippen molar-refractivity contribution in [2.24, 2.45) is 0 Å². The van der Waals surface area contributed by atoms with Crippen molar-refractivity contribution in [2.45, 2.75) is 51.5 Å². The third kappa shape index (κ3) is 3.09. The quantitative estimate of drug-likeness (QED) is 0.739. The molecule has 7 nitrogen and oxygen atoms in total. The molecule has 1 aliphatic carbocycles. The maximum absolute atomic E-state index is 12.7. The van der Waals surface area contributed by atoms with Gasteiger partial charge in [0.25, 0.3) is 5.56 Å². The normalized spacial score (nSPS) is 18.3. The summed E-state index contributed by atoms with van der Waals surface area (Å²) in [5.74, 6) is 1.53. The summed E-state index contributed by atoms with van der Waals surface area (Å²) in [6.07, 6.45) is 7.34. The number of rotatable bonds is 3. The molecule has 2 aliphatic rings. The first-order valence-electron chi connectivity index (χ1n) is 10.2. The highest BCUT2D eigenvalue weighted by molar-refractivity contribution is 5.54. The van der Waals surface area contributed by atoms with Crippen LogP contribution in [0.5, 0.6) is 0 Å². The Morgan fingerprint density at radius 1 is 1.24 bits per heavy atom. The highest BCUT2D eigenvalue weighted by Crippen LogP contribution is 2.44. The van der Waals surface area contributed by atoms with Crippen LogP contribution in [0.3, 0.4) is 0 Å². The molecule has 0 amide bonds. The second-order valence-electron chi connectivity index (χ2n) is 8.34. The van der Waals surface area contributed by atoms with E-state index in [4.69, 9.17) is 9.51 Å². The molecular formula is C22H25N5O2. The number of aromatic nitrogens is 4. The zero-order valence-electron chi connectivity index (χ0n) is 16.9. The molecule has 1 aliphatic heterocycles. The molecule has 4 heterocycles. The number of hydrogen-bond acceptors (Lipinski definition) is 6. The number of fused-ring (bicyclic) bond motifs is 2. The topological polar surface area (TPSA) is 87.9 Å². The van der Waals surface area contributed by atoms with E-state index in [1.807, 2.05) is 26.0 Å². The lowest BCUT2D eigenvalue weighted by atomic mass is 9.76. The lowest BCUT2D eigenvalue weighted by molar-refractivity contribution is 0.149. The van der Waals surface area contributed by atoms with E-state index < -0.39 is 0 Å². The van der Waals surface area contributed by atoms with Crippen LogP contribution in [0.1, 0.15) is 47.5 Å². The number of piperidine rings is 1. The van der Waals surface area contributed by atoms with Gasteiger partial charge < -0.3 is 9.51 Å². The second-order valence-corrected chi connectivity index (χ2v) is 8.34. The SMILES string of the molecule is Cc1noc(C)c1CN1CCC2(CCc3c2nc(-c2cccnc2)[nH]c3=O)CC1. The van der Waals surface area contributed by atoms with Gasteiger partial charge in [0.1, 0.15) is 11.6 Å². The molecule has 1 saturated heterocycles. The van der Waals surface area contributed by atoms with Gasteiger partial charge in [0.05, 0.1) is 11.4 Å². The van der Waals surface area contributed by atoms with E-state index in [0.717, 1.165) is 73.6 Å². The van der Waals surface area contributed by atoms with Crippen LogP contribution in [0.4, 0.5) is 0 Å². The molecule has 0 unspecified atom stereocenters. The van der Waals surface area contributed by atoms with E-state index in [-0.39, 0.29) is 11.0 Å². The summed E-state index contributed by atoms with van der Waals surface area (Å²) in [5, 5.41) is 4.08. The summed E-state index contributed by atoms with van der Waals surface area (Å²) in [7, 11) is 0. The number of aryl methyl sites for hydroxylation is 2. The highest BCUT2D eigenvalue weighted by atomic mass is 16.5. The van der Waals surface area contributed by atoms with Crippen molar-refractivity contribution < 1.29 is 4.52 Å². The fraction of sp³-hybridized carbons (Fsp3) is 0.455. The van der Waals surface area contributed by atoms with Crippen LogP contribution in [-0.4, -0.2) is 38.1 Å². The number of hydrogen-bond donors (Lipinski definition) is 1. The molecule has 0 atom stereocenters. The van der Waals surface area contributed by atoms with E-state index in [1.54, 1.807) is 12.4 Å². The van der Waals surface area contributed by atoms with Crippen LogP contribution in [-0.2, 0) is 18.4 Å². The van der Waals surface area contributed by atoms with Crippen molar-refractivity contribution in [3.63, 3.8) is 0 Å². The molecular weight excluding hydrogens is 366 g/mol. The van der Waals surface area contributed by atoms with Crippen molar-refractivity contribution in [1.29, 1.82) is 0 Å². The van der Waals surface area contributed by atoms with Crippen molar-refractivity contribution in [3.8, 4) is 11.4 Å². The minimum atomic E-state index is 0.00359. The van der Waals surface area contributed by atoms with Gasteiger partial charge in [-0.2, -0.15) is 0 Å². The van der Waals surface area contributed by atoms with Crippen LogP contribution in [0.25, 0.3) is 11.4 Å². The molecule has 3 aromatic heterocycles. The first kappa shape index (κ1) is 18.2. The van der Waals surface area contributed by atoms with E-state index in [1.165, 1.54) is 5.56 Å². The number of nitrogens with zero attached hydrogens (tertiary/aromatic N) is 4. The van der Waals surface area contributed by atoms with Gasteiger partial charge in [-0.1, -0.05) is 5.16 Å². The first-order valence-corrected chi connectivity index (χ1v) is 10.2. The average molecular weight is 391 g/mol. The predicted octanol–water partition coefficient (Wildman–Crippen LogP) is 2.92. The van der Waals surface area contributed by atoms with Gasteiger partial charge in [-0.05, 0) is 64.8 Å². The van der Waals surface area contributed by atoms with Gasteiger partial charge in [-0.25, -0.2) is 4.98 Å². The van der Waals surface area contributed by atoms with Crippen LogP contribution < -0.4 is 5.56 Å². The summed E-state index contributed by atoms with van der Waals surface area (Å²) in [4.78, 5) is 27.3. The average Bonchev–Trinajstić information content (AvgIpc) is 3.26. The molecule has 0 bridgehead atoms. The lowest BCUT2D eigenvalue weighted by Gasteiger charge is -2.39. The molecule has 1 fully saturated rings. The number of H-pyrrole nitrogens is 1. The van der Waals surface area contributed by atoms with Crippen LogP contribution >= 0.6 is 0 Å². The maximum Gasteiger partial charge on any atom is 0.254 e. The molecule has 150 valence electrons. The van der Waals surface area contributed by atoms with Gasteiger partial charge in [0, 0.05) is 41.0 Å². The van der Waals surface area contributed by atoms with Crippen LogP contribution in [0.2, 0.25) is 0 Å². The number of pyridine rings is 1. The number of likely N-dealkylation sites (tertiary alicyclic amines) is 1. The number of aromatic amines is 1. The first-order chi connectivity index (χ1) is 14.1. The Morgan fingerprint density at radius 3 is 2.76 bits per heavy atom. The Morgan fingerprint density at radius 2 is 2.07 bits per heavy atom. The summed E-state index contributed by atoms with van der Waals surface area (Å²) in [5.41, 5.74) is 4.92. The summed E-state index contributed by atoms with van der Waals surface area (Å²) >= 11 is 0. The maximum atomic E-state index is 12.7. The van der Waals surface area contributed by atoms with Crippen molar-refractivity contribution in [2.75, 3.05) is 13.1 Å². The van der Waals surface area contributed by atoms with E-state index in [9.17, 15) is 4.79 Å². The van der Waals surface area contributed by atoms with E-state index >= 15 is 0 Å². The summed E-state index contributed by atoms with van der Waals surface area (Å²) < 4.78 is 5.32. The van der Waals surface area contributed by atoms with Crippen molar-refractivity contribution >= 4 is 0 Å². The smallest absolute Gasteiger partial charge is 0.254 e. The third-order valence-corrected chi connectivity index (χ3v) is 6.68. The predicted molar refractivity (Wildman–Crippen MR) is 109 cm³/mol. The van der Waals surface area contributed by atoms with Gasteiger partial charge in [0.2, 0.25) is 0 Å². The molecule has 5 rings (SSSR count). The largest absolute Gasteiger partial charge is 0.361 e. The molecule has 7 heteroatoms. The van der Waals surface area contributed by atoms with Gasteiger partial charge in [-0.15, -0.1) is 0 Å². The molecule has 0 radical (unpaired) electrons. The Kier molecular flexibility index (Phi) is 4.35. The Hall–Kier alpha value is -2.80. The lowest BCUT2D eigenvalue weighted by Crippen LogP contribution is -2.42. The molecule has 1 N–H and O–H groups in total. The van der Waals surface area contributed by atoms with E-state index in [0.29, 0.717) is 5.82 Å². The molecule has 3 aromatic rings. The van der Waals surface area contributed by atoms with Crippen LogP contribution in [0.15, 0.2) is 33.8 Å². The molecule has 29 heavy (non-hydrogen) atoms. The zero-order chi connectivity index (χ0) is 20.0. The minimum Gasteiger partial charge on any atom is -0.361 e. The van der Waals surface area contributed by atoms with E-state index in [2.05, 4.69) is 20.0 Å². The van der Waals surface area contributed by atoms with Gasteiger partial charge in [-0.3, -0.25) is 14.7 Å². The van der Waals surface area contributed by atoms with Crippen LogP contribution in [0, 0.1) is 13.8 Å². The highest BCUT2D eigenvalue weighted by Gasteiger charge is 2.44. The van der Waals surface area contributed by atoms with Gasteiger partial charge in [0.15, 0.2) is 0 Å². The Bertz CT molecular complexity index is 1070. The standard InChI is InChI=1S/C22H25N5O2/c1-14-18(15(2)29-26-14)13-27-10-7-22(8-11-27)6-5-17-19(22)24-20(25-21(17)28)16-4-3-9-23-12-16/h3-4,9,12H,5-8,10-11,13H2,1-2H3,(H,24,25,28). The monoisotopic (exact) mass is 391 g/mol.